The quantitative estimate of drug-likeness (QED) is 0.482. The molecule has 0 aliphatic carbocycles. The topological polar surface area (TPSA) is 93.8 Å². The van der Waals surface area contributed by atoms with E-state index in [-0.39, 0.29) is 17.3 Å². The van der Waals surface area contributed by atoms with Crippen molar-refractivity contribution in [1.82, 2.24) is 5.43 Å². The standard InChI is InChI=1S/C16H13ClFN3O4/c1-10(11-2-7-14(17)15(8-11)21(23)24)19-20-16(22)9-25-13-5-3-12(18)4-6-13/h2-8H,9H2,1H3,(H,20,22)/b19-10-. The zero-order valence-electron chi connectivity index (χ0n) is 13.0. The molecule has 1 amide bonds. The molecule has 0 atom stereocenters. The van der Waals surface area contributed by atoms with Crippen LogP contribution in [0.4, 0.5) is 10.1 Å². The number of hydrogen-bond donors (Lipinski definition) is 1. The predicted molar refractivity (Wildman–Crippen MR) is 90.4 cm³/mol. The summed E-state index contributed by atoms with van der Waals surface area (Å²) < 4.78 is 17.9. The number of nitrogens with one attached hydrogen (secondary N) is 1. The number of rotatable bonds is 6. The summed E-state index contributed by atoms with van der Waals surface area (Å²) in [5, 5.41) is 14.7. The SMILES string of the molecule is C/C(=N/NC(=O)COc1ccc(F)cc1)c1ccc(Cl)c([N+](=O)[O-])c1. The number of ether oxygens (including phenoxy) is 1. The third kappa shape index (κ3) is 5.25. The maximum atomic E-state index is 12.8. The lowest BCUT2D eigenvalue weighted by molar-refractivity contribution is -0.384. The van der Waals surface area contributed by atoms with Crippen molar-refractivity contribution in [3.8, 4) is 5.75 Å². The second-order valence-corrected chi connectivity index (χ2v) is 5.31. The van der Waals surface area contributed by atoms with Gasteiger partial charge in [-0.25, -0.2) is 9.82 Å². The van der Waals surface area contributed by atoms with Gasteiger partial charge in [0.1, 0.15) is 16.6 Å². The van der Waals surface area contributed by atoms with Gasteiger partial charge in [0.25, 0.3) is 11.6 Å². The summed E-state index contributed by atoms with van der Waals surface area (Å²) in [4.78, 5) is 22.0. The molecule has 0 aromatic heterocycles. The Bertz CT molecular complexity index is 825. The first-order valence-electron chi connectivity index (χ1n) is 7.02. The summed E-state index contributed by atoms with van der Waals surface area (Å²) in [7, 11) is 0. The maximum absolute atomic E-state index is 12.8. The maximum Gasteiger partial charge on any atom is 0.288 e. The smallest absolute Gasteiger partial charge is 0.288 e. The highest BCUT2D eigenvalue weighted by atomic mass is 35.5. The van der Waals surface area contributed by atoms with Crippen molar-refractivity contribution in [3.05, 3.63) is 69.0 Å². The summed E-state index contributed by atoms with van der Waals surface area (Å²) in [6.07, 6.45) is 0. The van der Waals surface area contributed by atoms with Gasteiger partial charge >= 0.3 is 0 Å². The molecule has 130 valence electrons. The molecule has 0 radical (unpaired) electrons. The number of nitro groups is 1. The molecule has 2 rings (SSSR count). The van der Waals surface area contributed by atoms with E-state index in [1.807, 2.05) is 0 Å². The van der Waals surface area contributed by atoms with Gasteiger partial charge in [0.2, 0.25) is 0 Å². The molecule has 1 N–H and O–H groups in total. The van der Waals surface area contributed by atoms with Crippen LogP contribution in [0.3, 0.4) is 0 Å². The molecule has 2 aromatic rings. The van der Waals surface area contributed by atoms with E-state index in [1.54, 1.807) is 13.0 Å². The van der Waals surface area contributed by atoms with Crippen molar-refractivity contribution >= 4 is 28.9 Å². The second kappa shape index (κ2) is 8.20. The van der Waals surface area contributed by atoms with Crippen molar-refractivity contribution in [3.63, 3.8) is 0 Å². The van der Waals surface area contributed by atoms with Crippen molar-refractivity contribution in [1.29, 1.82) is 0 Å². The lowest BCUT2D eigenvalue weighted by Crippen LogP contribution is -2.25. The number of amides is 1. The first kappa shape index (κ1) is 18.3. The van der Waals surface area contributed by atoms with E-state index in [0.29, 0.717) is 17.0 Å². The Kier molecular flexibility index (Phi) is 6.02. The number of carbonyl (C=O) groups excluding carboxylic acids is 1. The van der Waals surface area contributed by atoms with Gasteiger partial charge in [0.05, 0.1) is 10.6 Å². The molecule has 0 bridgehead atoms. The Morgan fingerprint density at radius 2 is 2.00 bits per heavy atom. The molecule has 2 aromatic carbocycles. The zero-order chi connectivity index (χ0) is 18.4. The highest BCUT2D eigenvalue weighted by Crippen LogP contribution is 2.25. The van der Waals surface area contributed by atoms with Gasteiger partial charge in [0.15, 0.2) is 6.61 Å². The van der Waals surface area contributed by atoms with Gasteiger partial charge in [0, 0.05) is 11.6 Å². The average Bonchev–Trinajstić information content (AvgIpc) is 2.59. The van der Waals surface area contributed by atoms with Crippen molar-refractivity contribution in [2.45, 2.75) is 6.92 Å². The summed E-state index contributed by atoms with van der Waals surface area (Å²) in [6, 6.07) is 9.41. The van der Waals surface area contributed by atoms with Crippen LogP contribution in [0.2, 0.25) is 5.02 Å². The Morgan fingerprint density at radius 3 is 2.64 bits per heavy atom. The van der Waals surface area contributed by atoms with E-state index in [1.165, 1.54) is 36.4 Å². The third-order valence-electron chi connectivity index (χ3n) is 3.09. The molecule has 0 aliphatic heterocycles. The van der Waals surface area contributed by atoms with Gasteiger partial charge < -0.3 is 4.74 Å². The van der Waals surface area contributed by atoms with Gasteiger partial charge in [-0.2, -0.15) is 5.10 Å². The number of halogens is 2. The minimum absolute atomic E-state index is 0.0123. The van der Waals surface area contributed by atoms with Crippen molar-refractivity contribution in [2.75, 3.05) is 6.61 Å². The molecular formula is C16H13ClFN3O4. The number of nitro benzene ring substituents is 1. The lowest BCUT2D eigenvalue weighted by Gasteiger charge is -2.06. The molecule has 0 heterocycles. The molecule has 0 saturated heterocycles. The monoisotopic (exact) mass is 365 g/mol. The largest absolute Gasteiger partial charge is 0.484 e. The van der Waals surface area contributed by atoms with Crippen LogP contribution in [0.15, 0.2) is 47.6 Å². The third-order valence-corrected chi connectivity index (χ3v) is 3.41. The molecular weight excluding hydrogens is 353 g/mol. The predicted octanol–water partition coefficient (Wildman–Crippen LogP) is 3.31. The molecule has 0 saturated carbocycles. The van der Waals surface area contributed by atoms with Crippen LogP contribution >= 0.6 is 11.6 Å². The Labute approximate surface area is 147 Å². The number of benzene rings is 2. The van der Waals surface area contributed by atoms with Crippen molar-refractivity contribution in [2.24, 2.45) is 5.10 Å². The van der Waals surface area contributed by atoms with E-state index >= 15 is 0 Å². The minimum atomic E-state index is -0.603. The van der Waals surface area contributed by atoms with E-state index in [0.717, 1.165) is 0 Å². The van der Waals surface area contributed by atoms with E-state index in [2.05, 4.69) is 10.5 Å². The second-order valence-electron chi connectivity index (χ2n) is 4.90. The normalized spacial score (nSPS) is 11.1. The highest BCUT2D eigenvalue weighted by molar-refractivity contribution is 6.32. The van der Waals surface area contributed by atoms with Crippen LogP contribution in [0.1, 0.15) is 12.5 Å². The molecule has 7 nitrogen and oxygen atoms in total. The van der Waals surface area contributed by atoms with Gasteiger partial charge in [-0.3, -0.25) is 14.9 Å². The minimum Gasteiger partial charge on any atom is -0.484 e. The molecule has 0 aliphatic rings. The van der Waals surface area contributed by atoms with Gasteiger partial charge in [-0.15, -0.1) is 0 Å². The lowest BCUT2D eigenvalue weighted by atomic mass is 10.1. The van der Waals surface area contributed by atoms with E-state index in [4.69, 9.17) is 16.3 Å². The van der Waals surface area contributed by atoms with E-state index in [9.17, 15) is 19.3 Å². The Morgan fingerprint density at radius 1 is 1.32 bits per heavy atom. The van der Waals surface area contributed by atoms with Gasteiger partial charge in [-0.1, -0.05) is 17.7 Å². The summed E-state index contributed by atoms with van der Waals surface area (Å²) >= 11 is 5.74. The first-order chi connectivity index (χ1) is 11.9. The van der Waals surface area contributed by atoms with Crippen LogP contribution in [0.25, 0.3) is 0 Å². The molecule has 9 heteroatoms. The summed E-state index contributed by atoms with van der Waals surface area (Å²) in [6.45, 7) is 1.26. The molecule has 0 unspecified atom stereocenters. The number of nitrogens with zero attached hydrogens (tertiary/aromatic N) is 2. The molecule has 0 fully saturated rings. The molecule has 25 heavy (non-hydrogen) atoms. The summed E-state index contributed by atoms with van der Waals surface area (Å²) in [5.41, 5.74) is 2.82. The Balaban J connectivity index is 1.96. The van der Waals surface area contributed by atoms with Crippen LogP contribution in [0.5, 0.6) is 5.75 Å². The van der Waals surface area contributed by atoms with Crippen LogP contribution in [-0.4, -0.2) is 23.1 Å². The average molecular weight is 366 g/mol. The van der Waals surface area contributed by atoms with Crippen LogP contribution < -0.4 is 10.2 Å². The fraction of sp³-hybridized carbons (Fsp3) is 0.125. The van der Waals surface area contributed by atoms with Crippen LogP contribution in [-0.2, 0) is 4.79 Å². The first-order valence-corrected chi connectivity index (χ1v) is 7.40. The number of carbonyl (C=O) groups is 1. The Hall–Kier alpha value is -3.00. The van der Waals surface area contributed by atoms with E-state index < -0.39 is 16.6 Å². The number of hydrazone groups is 1. The fourth-order valence-corrected chi connectivity index (χ4v) is 1.99. The van der Waals surface area contributed by atoms with Gasteiger partial charge in [-0.05, 0) is 37.3 Å². The summed E-state index contributed by atoms with van der Waals surface area (Å²) in [5.74, 6) is -0.605. The zero-order valence-corrected chi connectivity index (χ0v) is 13.8. The fourth-order valence-electron chi connectivity index (χ4n) is 1.80. The van der Waals surface area contributed by atoms with Crippen molar-refractivity contribution < 1.29 is 18.8 Å². The highest BCUT2D eigenvalue weighted by Gasteiger charge is 2.14. The molecule has 0 spiro atoms. The number of hydrogen-bond acceptors (Lipinski definition) is 5. The van der Waals surface area contributed by atoms with Crippen LogP contribution in [0, 0.1) is 15.9 Å².